The molecule has 0 saturated carbocycles. The first-order valence-corrected chi connectivity index (χ1v) is 10.5. The van der Waals surface area contributed by atoms with Crippen molar-refractivity contribution < 1.29 is 0 Å². The van der Waals surface area contributed by atoms with Crippen LogP contribution in [-0.2, 0) is 23.7 Å². The monoisotopic (exact) mass is 336 g/mol. The molecular formula is C22H40S. The van der Waals surface area contributed by atoms with Gasteiger partial charge in [-0.05, 0) is 40.7 Å². The maximum Gasteiger partial charge on any atom is 0.0137 e. The van der Waals surface area contributed by atoms with E-state index in [4.69, 9.17) is 0 Å². The number of hydrogen-bond acceptors (Lipinski definition) is 1. The Morgan fingerprint density at radius 1 is 0.826 bits per heavy atom. The molecule has 23 heavy (non-hydrogen) atoms. The zero-order chi connectivity index (χ0) is 17.8. The molecule has 0 aromatic carbocycles. The van der Waals surface area contributed by atoms with Crippen molar-refractivity contribution in [3.8, 4) is 0 Å². The van der Waals surface area contributed by atoms with Crippen LogP contribution in [0.1, 0.15) is 109 Å². The molecule has 0 fully saturated rings. The SMILES string of the molecule is CCCCC(CC)Cc1c(C(C)(C)C)sc(C(C)(C)C)c1CC. The fourth-order valence-corrected chi connectivity index (χ4v) is 5.07. The van der Waals surface area contributed by atoms with E-state index in [2.05, 4.69) is 73.7 Å². The lowest BCUT2D eigenvalue weighted by Gasteiger charge is -2.23. The third-order valence-corrected chi connectivity index (χ3v) is 6.99. The number of unbranched alkanes of at least 4 members (excludes halogenated alkanes) is 1. The Morgan fingerprint density at radius 2 is 1.35 bits per heavy atom. The molecule has 1 aromatic heterocycles. The van der Waals surface area contributed by atoms with E-state index in [1.165, 1.54) is 38.5 Å². The van der Waals surface area contributed by atoms with E-state index in [1.54, 1.807) is 20.9 Å². The minimum Gasteiger partial charge on any atom is -0.144 e. The molecule has 134 valence electrons. The molecular weight excluding hydrogens is 296 g/mol. The van der Waals surface area contributed by atoms with Gasteiger partial charge in [0.05, 0.1) is 0 Å². The average molecular weight is 337 g/mol. The lowest BCUT2D eigenvalue weighted by atomic mass is 9.81. The lowest BCUT2D eigenvalue weighted by Crippen LogP contribution is -2.15. The van der Waals surface area contributed by atoms with Gasteiger partial charge in [-0.1, -0.05) is 88.0 Å². The van der Waals surface area contributed by atoms with Gasteiger partial charge in [-0.3, -0.25) is 0 Å². The zero-order valence-electron chi connectivity index (χ0n) is 17.2. The maximum absolute atomic E-state index is 2.39. The van der Waals surface area contributed by atoms with E-state index in [0.29, 0.717) is 0 Å². The summed E-state index contributed by atoms with van der Waals surface area (Å²) in [6.45, 7) is 21.3. The van der Waals surface area contributed by atoms with Crippen molar-refractivity contribution in [1.82, 2.24) is 0 Å². The Bertz CT molecular complexity index is 479. The molecule has 0 aliphatic carbocycles. The molecule has 0 bridgehead atoms. The second-order valence-electron chi connectivity index (χ2n) is 9.19. The number of thiophene rings is 1. The topological polar surface area (TPSA) is 0 Å². The zero-order valence-corrected chi connectivity index (χ0v) is 18.0. The van der Waals surface area contributed by atoms with E-state index < -0.39 is 0 Å². The molecule has 0 amide bonds. The summed E-state index contributed by atoms with van der Waals surface area (Å²) in [5.41, 5.74) is 3.90. The highest BCUT2D eigenvalue weighted by molar-refractivity contribution is 7.12. The van der Waals surface area contributed by atoms with Crippen molar-refractivity contribution in [3.05, 3.63) is 20.9 Å². The highest BCUT2D eigenvalue weighted by Crippen LogP contribution is 2.44. The van der Waals surface area contributed by atoms with Crippen LogP contribution in [0, 0.1) is 5.92 Å². The van der Waals surface area contributed by atoms with Gasteiger partial charge in [-0.15, -0.1) is 11.3 Å². The average Bonchev–Trinajstić information content (AvgIpc) is 2.81. The normalized spacial score (nSPS) is 14.3. The van der Waals surface area contributed by atoms with Crippen LogP contribution in [0.2, 0.25) is 0 Å². The standard InChI is InChI=1S/C22H40S/c1-10-13-14-16(11-2)15-18-17(12-3)19(21(4,5)6)23-20(18)22(7,8)9/h16H,10-15H2,1-9H3. The van der Waals surface area contributed by atoms with Gasteiger partial charge in [0.1, 0.15) is 0 Å². The third kappa shape index (κ3) is 5.34. The van der Waals surface area contributed by atoms with E-state index >= 15 is 0 Å². The molecule has 0 nitrogen and oxygen atoms in total. The molecule has 0 aliphatic heterocycles. The molecule has 1 aromatic rings. The minimum absolute atomic E-state index is 0.260. The summed E-state index contributed by atoms with van der Waals surface area (Å²) in [4.78, 5) is 3.28. The molecule has 0 spiro atoms. The Hall–Kier alpha value is -0.300. The Kier molecular flexibility index (Phi) is 7.38. The van der Waals surface area contributed by atoms with Crippen LogP contribution in [0.4, 0.5) is 0 Å². The van der Waals surface area contributed by atoms with Crippen LogP contribution >= 0.6 is 11.3 Å². The molecule has 1 rings (SSSR count). The van der Waals surface area contributed by atoms with Gasteiger partial charge in [-0.2, -0.15) is 0 Å². The van der Waals surface area contributed by atoms with E-state index in [1.807, 2.05) is 0 Å². The summed E-state index contributed by atoms with van der Waals surface area (Å²) >= 11 is 2.10. The maximum atomic E-state index is 2.39. The molecule has 1 heteroatoms. The fraction of sp³-hybridized carbons (Fsp3) is 0.818. The van der Waals surface area contributed by atoms with Crippen molar-refractivity contribution in [3.63, 3.8) is 0 Å². The van der Waals surface area contributed by atoms with Crippen molar-refractivity contribution in [2.24, 2.45) is 5.92 Å². The first-order chi connectivity index (χ1) is 10.6. The highest BCUT2D eigenvalue weighted by atomic mass is 32.1. The number of hydrogen-bond donors (Lipinski definition) is 0. The largest absolute Gasteiger partial charge is 0.144 e. The van der Waals surface area contributed by atoms with Crippen LogP contribution in [0.3, 0.4) is 0 Å². The van der Waals surface area contributed by atoms with Gasteiger partial charge in [0.25, 0.3) is 0 Å². The summed E-state index contributed by atoms with van der Waals surface area (Å²) in [6, 6.07) is 0. The third-order valence-electron chi connectivity index (χ3n) is 4.87. The Morgan fingerprint density at radius 3 is 1.74 bits per heavy atom. The first-order valence-electron chi connectivity index (χ1n) is 9.71. The second-order valence-corrected chi connectivity index (χ2v) is 10.2. The predicted molar refractivity (Wildman–Crippen MR) is 108 cm³/mol. The molecule has 0 saturated heterocycles. The van der Waals surface area contributed by atoms with Gasteiger partial charge in [0, 0.05) is 9.75 Å². The van der Waals surface area contributed by atoms with E-state index in [0.717, 1.165) is 5.92 Å². The van der Waals surface area contributed by atoms with Crippen molar-refractivity contribution in [1.29, 1.82) is 0 Å². The van der Waals surface area contributed by atoms with Gasteiger partial charge in [0.2, 0.25) is 0 Å². The van der Waals surface area contributed by atoms with Gasteiger partial charge in [0.15, 0.2) is 0 Å². The Labute approximate surface area is 150 Å². The summed E-state index contributed by atoms with van der Waals surface area (Å²) in [5.74, 6) is 0.851. The van der Waals surface area contributed by atoms with Gasteiger partial charge in [-0.25, -0.2) is 0 Å². The molecule has 1 heterocycles. The van der Waals surface area contributed by atoms with Crippen LogP contribution in [0.15, 0.2) is 0 Å². The van der Waals surface area contributed by atoms with E-state index in [9.17, 15) is 0 Å². The van der Waals surface area contributed by atoms with Crippen molar-refractivity contribution in [2.45, 2.75) is 112 Å². The fourth-order valence-electron chi connectivity index (χ4n) is 3.53. The highest BCUT2D eigenvalue weighted by Gasteiger charge is 2.30. The van der Waals surface area contributed by atoms with Gasteiger partial charge < -0.3 is 0 Å². The molecule has 0 aliphatic rings. The lowest BCUT2D eigenvalue weighted by molar-refractivity contribution is 0.443. The molecule has 0 radical (unpaired) electrons. The van der Waals surface area contributed by atoms with Crippen LogP contribution < -0.4 is 0 Å². The second kappa shape index (κ2) is 8.19. The molecule has 0 N–H and O–H groups in total. The minimum atomic E-state index is 0.260. The van der Waals surface area contributed by atoms with Crippen LogP contribution in [0.5, 0.6) is 0 Å². The first kappa shape index (κ1) is 20.7. The Balaban J connectivity index is 3.34. The van der Waals surface area contributed by atoms with E-state index in [-0.39, 0.29) is 10.8 Å². The molecule has 1 unspecified atom stereocenters. The summed E-state index contributed by atoms with van der Waals surface area (Å²) in [5, 5.41) is 0. The predicted octanol–water partition coefficient (Wildman–Crippen LogP) is 7.66. The van der Waals surface area contributed by atoms with Crippen LogP contribution in [0.25, 0.3) is 0 Å². The quantitative estimate of drug-likeness (QED) is 0.479. The smallest absolute Gasteiger partial charge is 0.0137 e. The summed E-state index contributed by atoms with van der Waals surface area (Å²) in [7, 11) is 0. The number of rotatable bonds is 7. The van der Waals surface area contributed by atoms with Gasteiger partial charge >= 0.3 is 0 Å². The molecule has 1 atom stereocenters. The van der Waals surface area contributed by atoms with Crippen molar-refractivity contribution >= 4 is 11.3 Å². The van der Waals surface area contributed by atoms with Crippen molar-refractivity contribution in [2.75, 3.05) is 0 Å². The van der Waals surface area contributed by atoms with Crippen LogP contribution in [-0.4, -0.2) is 0 Å². The summed E-state index contributed by atoms with van der Waals surface area (Å²) in [6.07, 6.45) is 7.87. The summed E-state index contributed by atoms with van der Waals surface area (Å²) < 4.78 is 0.